The standard InChI is InChI=1S/C18H27N3O.HI/c1-17(2)12-21(18(17,3)4)16(19-5)20-11-14-10-13-8-6-7-9-15(13)22-14;/h6-9,14H,10-12H2,1-5H3,(H,19,20);1H. The summed E-state index contributed by atoms with van der Waals surface area (Å²) in [5.74, 6) is 2.00. The molecule has 0 saturated carbocycles. The average Bonchev–Trinajstić information content (AvgIpc) is 2.89. The van der Waals surface area contributed by atoms with Gasteiger partial charge in [-0.05, 0) is 25.5 Å². The number of hydrogen-bond donors (Lipinski definition) is 1. The van der Waals surface area contributed by atoms with Crippen molar-refractivity contribution in [3.63, 3.8) is 0 Å². The van der Waals surface area contributed by atoms with Crippen LogP contribution in [0.25, 0.3) is 0 Å². The third kappa shape index (κ3) is 3.16. The van der Waals surface area contributed by atoms with Crippen molar-refractivity contribution in [1.29, 1.82) is 0 Å². The number of rotatable bonds is 2. The van der Waals surface area contributed by atoms with Crippen LogP contribution in [0.5, 0.6) is 5.75 Å². The van der Waals surface area contributed by atoms with Gasteiger partial charge in [0.15, 0.2) is 5.96 Å². The van der Waals surface area contributed by atoms with Crippen LogP contribution >= 0.6 is 24.0 Å². The van der Waals surface area contributed by atoms with Gasteiger partial charge in [-0.2, -0.15) is 0 Å². The minimum absolute atomic E-state index is 0. The second kappa shape index (κ2) is 6.49. The number of likely N-dealkylation sites (tertiary alicyclic amines) is 1. The van der Waals surface area contributed by atoms with E-state index in [1.54, 1.807) is 0 Å². The van der Waals surface area contributed by atoms with Crippen molar-refractivity contribution < 1.29 is 4.74 Å². The van der Waals surface area contributed by atoms with Gasteiger partial charge in [0.2, 0.25) is 0 Å². The Bertz CT molecular complexity index is 573. The van der Waals surface area contributed by atoms with Gasteiger partial charge in [-0.3, -0.25) is 4.99 Å². The van der Waals surface area contributed by atoms with E-state index in [0.29, 0.717) is 5.41 Å². The van der Waals surface area contributed by atoms with Crippen LogP contribution in [-0.2, 0) is 6.42 Å². The maximum Gasteiger partial charge on any atom is 0.194 e. The van der Waals surface area contributed by atoms with Crippen LogP contribution in [0.1, 0.15) is 33.3 Å². The largest absolute Gasteiger partial charge is 0.488 e. The van der Waals surface area contributed by atoms with Crippen molar-refractivity contribution in [2.24, 2.45) is 10.4 Å². The fourth-order valence-electron chi connectivity index (χ4n) is 3.27. The molecule has 1 atom stereocenters. The number of aliphatic imine (C=N–C) groups is 1. The van der Waals surface area contributed by atoms with Crippen molar-refractivity contribution in [3.8, 4) is 5.75 Å². The average molecular weight is 429 g/mol. The third-order valence-electron chi connectivity index (χ3n) is 5.55. The van der Waals surface area contributed by atoms with Gasteiger partial charge < -0.3 is 15.0 Å². The van der Waals surface area contributed by atoms with E-state index in [2.05, 4.69) is 55.0 Å². The number of halogens is 1. The Morgan fingerprint density at radius 1 is 1.30 bits per heavy atom. The minimum Gasteiger partial charge on any atom is -0.488 e. The molecule has 2 aliphatic heterocycles. The summed E-state index contributed by atoms with van der Waals surface area (Å²) in [6.07, 6.45) is 1.15. The highest BCUT2D eigenvalue weighted by atomic mass is 127. The lowest BCUT2D eigenvalue weighted by atomic mass is 9.65. The fraction of sp³-hybridized carbons (Fsp3) is 0.611. The maximum atomic E-state index is 5.99. The molecule has 23 heavy (non-hydrogen) atoms. The predicted octanol–water partition coefficient (Wildman–Crippen LogP) is 3.30. The number of ether oxygens (including phenoxy) is 1. The van der Waals surface area contributed by atoms with Crippen LogP contribution in [-0.4, -0.2) is 42.6 Å². The first kappa shape index (κ1) is 18.4. The molecule has 4 nitrogen and oxygen atoms in total. The summed E-state index contributed by atoms with van der Waals surface area (Å²) in [6, 6.07) is 8.29. The van der Waals surface area contributed by atoms with Gasteiger partial charge in [-0.15, -0.1) is 24.0 Å². The van der Waals surface area contributed by atoms with E-state index in [1.807, 2.05) is 19.2 Å². The minimum atomic E-state index is 0. The van der Waals surface area contributed by atoms with Crippen molar-refractivity contribution in [3.05, 3.63) is 29.8 Å². The normalized spacial score (nSPS) is 24.1. The Balaban J connectivity index is 0.00000192. The first-order valence-corrected chi connectivity index (χ1v) is 8.08. The summed E-state index contributed by atoms with van der Waals surface area (Å²) < 4.78 is 5.99. The zero-order chi connectivity index (χ0) is 16.0. The van der Waals surface area contributed by atoms with Crippen LogP contribution < -0.4 is 10.1 Å². The van der Waals surface area contributed by atoms with Crippen molar-refractivity contribution >= 4 is 29.9 Å². The molecule has 1 unspecified atom stereocenters. The molecule has 1 aromatic carbocycles. The van der Waals surface area contributed by atoms with E-state index in [1.165, 1.54) is 5.56 Å². The SMILES string of the molecule is CN=C(NCC1Cc2ccccc2O1)N1CC(C)(C)C1(C)C.I. The summed E-state index contributed by atoms with van der Waals surface area (Å²) >= 11 is 0. The molecule has 1 fully saturated rings. The molecule has 1 aromatic rings. The molecule has 128 valence electrons. The Morgan fingerprint density at radius 3 is 2.57 bits per heavy atom. The zero-order valence-corrected chi connectivity index (χ0v) is 17.0. The first-order chi connectivity index (χ1) is 10.3. The molecule has 3 rings (SSSR count). The van der Waals surface area contributed by atoms with Gasteiger partial charge in [-0.25, -0.2) is 0 Å². The Kier molecular flexibility index (Phi) is 5.18. The fourth-order valence-corrected chi connectivity index (χ4v) is 3.27. The molecule has 0 bridgehead atoms. The van der Waals surface area contributed by atoms with Gasteiger partial charge in [0.25, 0.3) is 0 Å². The predicted molar refractivity (Wildman–Crippen MR) is 106 cm³/mol. The molecule has 0 aromatic heterocycles. The summed E-state index contributed by atoms with van der Waals surface area (Å²) in [6.45, 7) is 11.0. The molecule has 0 radical (unpaired) electrons. The molecule has 5 heteroatoms. The van der Waals surface area contributed by atoms with Gasteiger partial charge >= 0.3 is 0 Å². The number of fused-ring (bicyclic) bond motifs is 1. The van der Waals surface area contributed by atoms with Crippen LogP contribution in [0.2, 0.25) is 0 Å². The molecule has 1 saturated heterocycles. The van der Waals surface area contributed by atoms with Gasteiger partial charge in [-0.1, -0.05) is 32.0 Å². The van der Waals surface area contributed by atoms with Crippen LogP contribution in [0.3, 0.4) is 0 Å². The molecular formula is C18H28IN3O. The van der Waals surface area contributed by atoms with E-state index in [9.17, 15) is 0 Å². The smallest absolute Gasteiger partial charge is 0.194 e. The topological polar surface area (TPSA) is 36.9 Å². The third-order valence-corrected chi connectivity index (χ3v) is 5.55. The Morgan fingerprint density at radius 2 is 2.00 bits per heavy atom. The Labute approximate surface area is 156 Å². The molecular weight excluding hydrogens is 401 g/mol. The van der Waals surface area contributed by atoms with Crippen molar-refractivity contribution in [2.75, 3.05) is 20.1 Å². The van der Waals surface area contributed by atoms with E-state index in [-0.39, 0.29) is 35.6 Å². The number of nitrogens with zero attached hydrogens (tertiary/aromatic N) is 2. The number of hydrogen-bond acceptors (Lipinski definition) is 2. The lowest BCUT2D eigenvalue weighted by Gasteiger charge is -2.62. The van der Waals surface area contributed by atoms with E-state index >= 15 is 0 Å². The monoisotopic (exact) mass is 429 g/mol. The highest BCUT2D eigenvalue weighted by Gasteiger charge is 2.53. The number of para-hydroxylation sites is 1. The lowest BCUT2D eigenvalue weighted by molar-refractivity contribution is -0.0669. The summed E-state index contributed by atoms with van der Waals surface area (Å²) in [4.78, 5) is 6.81. The lowest BCUT2D eigenvalue weighted by Crippen LogP contribution is -2.72. The first-order valence-electron chi connectivity index (χ1n) is 8.08. The molecule has 2 aliphatic rings. The Hall–Kier alpha value is -0.980. The molecule has 0 aliphatic carbocycles. The highest BCUT2D eigenvalue weighted by molar-refractivity contribution is 14.0. The highest BCUT2D eigenvalue weighted by Crippen LogP contribution is 2.46. The van der Waals surface area contributed by atoms with E-state index < -0.39 is 0 Å². The van der Waals surface area contributed by atoms with Crippen LogP contribution in [0, 0.1) is 5.41 Å². The van der Waals surface area contributed by atoms with Crippen LogP contribution in [0.15, 0.2) is 29.3 Å². The summed E-state index contributed by atoms with van der Waals surface area (Å²) in [7, 11) is 1.86. The summed E-state index contributed by atoms with van der Waals surface area (Å²) in [5.41, 5.74) is 1.73. The van der Waals surface area contributed by atoms with Crippen molar-refractivity contribution in [2.45, 2.75) is 45.8 Å². The number of nitrogens with one attached hydrogen (secondary N) is 1. The summed E-state index contributed by atoms with van der Waals surface area (Å²) in [5, 5.41) is 3.49. The zero-order valence-electron chi connectivity index (χ0n) is 14.7. The second-order valence-corrected chi connectivity index (χ2v) is 7.51. The number of guanidine groups is 1. The molecule has 2 heterocycles. The van der Waals surface area contributed by atoms with Gasteiger partial charge in [0, 0.05) is 31.0 Å². The molecule has 1 N–H and O–H groups in total. The quantitative estimate of drug-likeness (QED) is 0.446. The van der Waals surface area contributed by atoms with Gasteiger partial charge in [0.1, 0.15) is 11.9 Å². The molecule has 0 spiro atoms. The second-order valence-electron chi connectivity index (χ2n) is 7.51. The van der Waals surface area contributed by atoms with E-state index in [4.69, 9.17) is 4.74 Å². The van der Waals surface area contributed by atoms with Crippen molar-refractivity contribution in [1.82, 2.24) is 10.2 Å². The van der Waals surface area contributed by atoms with E-state index in [0.717, 1.165) is 31.2 Å². The van der Waals surface area contributed by atoms with Gasteiger partial charge in [0.05, 0.1) is 6.54 Å². The van der Waals surface area contributed by atoms with Crippen LogP contribution in [0.4, 0.5) is 0 Å². The maximum absolute atomic E-state index is 5.99. The molecule has 0 amide bonds. The number of benzene rings is 1.